The molecular weight excluding hydrogens is 703 g/mol. The van der Waals surface area contributed by atoms with E-state index < -0.39 is 85.2 Å². The van der Waals surface area contributed by atoms with Crippen LogP contribution in [0.1, 0.15) is 22.8 Å². The number of fused-ring (bicyclic) bond motifs is 1. The minimum absolute atomic E-state index is 0.00142. The Morgan fingerprint density at radius 2 is 1.79 bits per heavy atom. The van der Waals surface area contributed by atoms with Crippen molar-refractivity contribution in [1.82, 2.24) is 19.5 Å². The summed E-state index contributed by atoms with van der Waals surface area (Å²) in [5, 5.41) is 31.4. The molecule has 0 aromatic carbocycles. The third-order valence-electron chi connectivity index (χ3n) is 6.67. The van der Waals surface area contributed by atoms with Crippen LogP contribution in [0, 0.1) is 0 Å². The fourth-order valence-electron chi connectivity index (χ4n) is 4.63. The Morgan fingerprint density at radius 3 is 2.47 bits per heavy atom. The molecule has 0 bridgehead atoms. The van der Waals surface area contributed by atoms with Gasteiger partial charge >= 0.3 is 15.6 Å². The van der Waals surface area contributed by atoms with E-state index in [1.807, 2.05) is 0 Å². The number of nitrogen functional groups attached to an aromatic ring is 1. The molecule has 24 nitrogen and oxygen atoms in total. The van der Waals surface area contributed by atoms with E-state index >= 15 is 0 Å². The van der Waals surface area contributed by atoms with Crippen LogP contribution >= 0.6 is 23.5 Å². The third kappa shape index (κ3) is 7.90. The number of carbonyl (C=O) groups is 1. The molecule has 3 aromatic heterocycles. The van der Waals surface area contributed by atoms with Crippen LogP contribution in [0.4, 0.5) is 5.82 Å². The number of aliphatic hydroxyl groups excluding tert-OH is 3. The number of carbonyl (C=O) groups excluding carboxylic acids is 1. The highest BCUT2D eigenvalue weighted by atomic mass is 31.3. The van der Waals surface area contributed by atoms with Crippen molar-refractivity contribution in [3.8, 4) is 0 Å². The van der Waals surface area contributed by atoms with E-state index in [1.54, 1.807) is 0 Å². The standard InChI is InChI=1S/C20H26N7O17P3/c21-15-10-17(24-6-23-15)27(7-25-10)19-14(42-45(32,33)34)13(30)20(41-19)43-47(37,38)44-46(35,36)39-5-9-11(28)12(29)18(40-9)26-3-1-2-8(4-26)16(22)31/h1-4,6-7,9,11-14,18-20,28-30H,5H2,(H7-,21,22,23,24,31,32,33,34,35,36,37,38)/t9-,11+,12?,13-,14?,18-,19-,20-/m1/s1. The number of rotatable bonds is 12. The number of imidazole rings is 1. The van der Waals surface area contributed by atoms with Crippen LogP contribution in [0.5, 0.6) is 0 Å². The zero-order valence-electron chi connectivity index (χ0n) is 23.2. The highest BCUT2D eigenvalue weighted by molar-refractivity contribution is 7.60. The predicted molar refractivity (Wildman–Crippen MR) is 143 cm³/mol. The maximum absolute atomic E-state index is 12.7. The summed E-state index contributed by atoms with van der Waals surface area (Å²) in [5.41, 5.74) is 10.9. The van der Waals surface area contributed by atoms with Crippen molar-refractivity contribution < 1.29 is 85.3 Å². The number of anilines is 1. The van der Waals surface area contributed by atoms with Gasteiger partial charge in [-0.3, -0.25) is 23.0 Å². The van der Waals surface area contributed by atoms with Gasteiger partial charge in [-0.2, -0.15) is 4.57 Å². The molecule has 258 valence electrons. The van der Waals surface area contributed by atoms with Crippen molar-refractivity contribution in [2.24, 2.45) is 5.73 Å². The number of phosphoric acid groups is 3. The van der Waals surface area contributed by atoms with Crippen LogP contribution in [0.2, 0.25) is 0 Å². The van der Waals surface area contributed by atoms with E-state index in [9.17, 15) is 53.4 Å². The number of pyridine rings is 1. The molecule has 0 radical (unpaired) electrons. The molecule has 10 N–H and O–H groups in total. The molecule has 5 heterocycles. The first-order valence-corrected chi connectivity index (χ1v) is 17.4. The SMILES string of the molecule is NC(=O)c1ccc[n+]([C@@H]2O[C@H](COP(=O)([O-])OP(=O)(O)O[C@H]3O[C@@H](n4cnc5c(N)ncnc54)C(OP(=O)(O)O)[C@H]3O)[C@H](O)C2O)c1. The minimum atomic E-state index is -5.82. The fraction of sp³-hybridized carbons (Fsp3) is 0.450. The summed E-state index contributed by atoms with van der Waals surface area (Å²) in [4.78, 5) is 64.4. The second-order valence-electron chi connectivity index (χ2n) is 9.88. The van der Waals surface area contributed by atoms with Gasteiger partial charge in [-0.25, -0.2) is 28.4 Å². The Bertz CT molecular complexity index is 1790. The lowest BCUT2D eigenvalue weighted by Crippen LogP contribution is -2.46. The van der Waals surface area contributed by atoms with Gasteiger partial charge in [0.25, 0.3) is 20.0 Å². The molecule has 2 fully saturated rings. The average Bonchev–Trinajstić information content (AvgIpc) is 3.61. The van der Waals surface area contributed by atoms with Gasteiger partial charge in [-0.1, -0.05) is 0 Å². The Labute approximate surface area is 261 Å². The second-order valence-corrected chi connectivity index (χ2v) is 14.0. The predicted octanol–water partition coefficient (Wildman–Crippen LogP) is -3.57. The number of phosphoric ester groups is 3. The molecule has 0 saturated carbocycles. The van der Waals surface area contributed by atoms with Crippen molar-refractivity contribution >= 4 is 46.4 Å². The fourth-order valence-corrected chi connectivity index (χ4v) is 7.30. The number of primary amides is 1. The first kappa shape index (κ1) is 35.4. The second kappa shape index (κ2) is 13.2. The molecule has 0 aliphatic carbocycles. The highest BCUT2D eigenvalue weighted by Crippen LogP contribution is 2.60. The van der Waals surface area contributed by atoms with Crippen LogP contribution < -0.4 is 20.9 Å². The zero-order chi connectivity index (χ0) is 34.5. The molecule has 4 unspecified atom stereocenters. The lowest BCUT2D eigenvalue weighted by atomic mass is 10.1. The monoisotopic (exact) mass is 729 g/mol. The van der Waals surface area contributed by atoms with Crippen molar-refractivity contribution in [1.29, 1.82) is 0 Å². The maximum atomic E-state index is 12.7. The van der Waals surface area contributed by atoms with E-state index in [2.05, 4.69) is 32.8 Å². The summed E-state index contributed by atoms with van der Waals surface area (Å²) < 4.78 is 67.6. The number of hydrogen-bond donors (Lipinski definition) is 8. The lowest BCUT2D eigenvalue weighted by Gasteiger charge is -2.27. The Morgan fingerprint density at radius 1 is 1.06 bits per heavy atom. The molecule has 2 aliphatic heterocycles. The number of nitrogens with zero attached hydrogens (tertiary/aromatic N) is 5. The summed E-state index contributed by atoms with van der Waals surface area (Å²) in [6, 6.07) is 2.75. The zero-order valence-corrected chi connectivity index (χ0v) is 25.9. The van der Waals surface area contributed by atoms with Gasteiger partial charge in [0.05, 0.1) is 12.9 Å². The quantitative estimate of drug-likeness (QED) is 0.0660. The van der Waals surface area contributed by atoms with Crippen molar-refractivity contribution in [3.63, 3.8) is 0 Å². The van der Waals surface area contributed by atoms with Gasteiger partial charge in [0, 0.05) is 6.07 Å². The highest BCUT2D eigenvalue weighted by Gasteiger charge is 2.53. The third-order valence-corrected chi connectivity index (χ3v) is 9.75. The van der Waals surface area contributed by atoms with E-state index in [0.717, 1.165) is 17.2 Å². The summed E-state index contributed by atoms with van der Waals surface area (Å²) in [6.07, 6.45) is -10.1. The molecule has 27 heteroatoms. The normalized spacial score (nSPS) is 30.7. The minimum Gasteiger partial charge on any atom is -0.756 e. The molecule has 1 amide bonds. The molecule has 0 spiro atoms. The first-order valence-electron chi connectivity index (χ1n) is 12.9. The molecule has 3 aromatic rings. The van der Waals surface area contributed by atoms with E-state index in [-0.39, 0.29) is 22.5 Å². The van der Waals surface area contributed by atoms with Gasteiger partial charge < -0.3 is 60.4 Å². The number of aromatic nitrogens is 5. The summed E-state index contributed by atoms with van der Waals surface area (Å²) in [5.74, 6) is -0.915. The smallest absolute Gasteiger partial charge is 0.481 e. The number of nitrogens with two attached hydrogens (primary N) is 2. The van der Waals surface area contributed by atoms with Crippen LogP contribution in [-0.4, -0.2) is 98.8 Å². The van der Waals surface area contributed by atoms with E-state index in [4.69, 9.17) is 20.9 Å². The molecular formula is C20H26N7O17P3. The summed E-state index contributed by atoms with van der Waals surface area (Å²) in [7, 11) is -17.0. The number of hydrogen-bond acceptors (Lipinski definition) is 18. The molecule has 2 aliphatic rings. The van der Waals surface area contributed by atoms with Gasteiger partial charge in [0.15, 0.2) is 42.5 Å². The number of amides is 1. The number of ether oxygens (including phenoxy) is 2. The largest absolute Gasteiger partial charge is 0.756 e. The Hall–Kier alpha value is -2.86. The summed E-state index contributed by atoms with van der Waals surface area (Å²) >= 11 is 0. The molecule has 47 heavy (non-hydrogen) atoms. The van der Waals surface area contributed by atoms with Crippen LogP contribution in [0.3, 0.4) is 0 Å². The average molecular weight is 729 g/mol. The van der Waals surface area contributed by atoms with Gasteiger partial charge in [0.2, 0.25) is 0 Å². The van der Waals surface area contributed by atoms with Crippen molar-refractivity contribution in [2.45, 2.75) is 49.3 Å². The van der Waals surface area contributed by atoms with Gasteiger partial charge in [-0.05, 0) is 6.07 Å². The van der Waals surface area contributed by atoms with E-state index in [1.165, 1.54) is 29.1 Å². The Kier molecular flexibility index (Phi) is 9.97. The van der Waals surface area contributed by atoms with Gasteiger partial charge in [0.1, 0.15) is 41.8 Å². The van der Waals surface area contributed by atoms with Crippen LogP contribution in [0.15, 0.2) is 37.2 Å². The topological polar surface area (TPSA) is 368 Å². The number of aliphatic hydroxyl groups is 3. The molecule has 2 saturated heterocycles. The molecule has 10 atom stereocenters. The first-order chi connectivity index (χ1) is 21.9. The molecule has 5 rings (SSSR count). The van der Waals surface area contributed by atoms with Gasteiger partial charge in [-0.15, -0.1) is 0 Å². The van der Waals surface area contributed by atoms with Crippen molar-refractivity contribution in [2.75, 3.05) is 12.3 Å². The van der Waals surface area contributed by atoms with Crippen LogP contribution in [-0.2, 0) is 41.1 Å². The maximum Gasteiger partial charge on any atom is 0.481 e. The van der Waals surface area contributed by atoms with E-state index in [0.29, 0.717) is 0 Å². The lowest BCUT2D eigenvalue weighted by molar-refractivity contribution is -0.765. The van der Waals surface area contributed by atoms with Crippen LogP contribution in [0.25, 0.3) is 11.2 Å². The Balaban J connectivity index is 1.26. The van der Waals surface area contributed by atoms with Crippen molar-refractivity contribution in [3.05, 3.63) is 42.7 Å². The summed E-state index contributed by atoms with van der Waals surface area (Å²) in [6.45, 7) is -1.06.